The standard InChI is InChI=1S/C8H10ClIN2O/c1-5(4-13)11-8-3-6(10)2-7(9)12-8/h2-3,5,13H,4H2,1H3,(H,11,12)/t5-/m1/s1. The molecule has 1 rings (SSSR count). The van der Waals surface area contributed by atoms with Gasteiger partial charge >= 0.3 is 0 Å². The van der Waals surface area contributed by atoms with Crippen molar-refractivity contribution in [2.24, 2.45) is 0 Å². The molecule has 0 amide bonds. The van der Waals surface area contributed by atoms with E-state index in [1.54, 1.807) is 6.07 Å². The molecule has 0 unspecified atom stereocenters. The van der Waals surface area contributed by atoms with E-state index in [1.807, 2.05) is 13.0 Å². The third-order valence-electron chi connectivity index (χ3n) is 1.43. The van der Waals surface area contributed by atoms with E-state index in [0.717, 1.165) is 3.57 Å². The van der Waals surface area contributed by atoms with Gasteiger partial charge in [0.1, 0.15) is 11.0 Å². The second-order valence-electron chi connectivity index (χ2n) is 2.72. The zero-order valence-corrected chi connectivity index (χ0v) is 10.0. The quantitative estimate of drug-likeness (QED) is 0.664. The van der Waals surface area contributed by atoms with Gasteiger partial charge in [-0.25, -0.2) is 4.98 Å². The molecule has 0 saturated carbocycles. The fourth-order valence-electron chi connectivity index (χ4n) is 0.838. The first-order chi connectivity index (χ1) is 6.11. The summed E-state index contributed by atoms with van der Waals surface area (Å²) >= 11 is 7.92. The van der Waals surface area contributed by atoms with Gasteiger partial charge in [-0.1, -0.05) is 11.6 Å². The number of aliphatic hydroxyl groups is 1. The largest absolute Gasteiger partial charge is 0.394 e. The SMILES string of the molecule is C[C@H](CO)Nc1cc(I)cc(Cl)n1. The van der Waals surface area contributed by atoms with Crippen LogP contribution in [0, 0.1) is 3.57 Å². The number of pyridine rings is 1. The Balaban J connectivity index is 2.77. The highest BCUT2D eigenvalue weighted by molar-refractivity contribution is 14.1. The lowest BCUT2D eigenvalue weighted by Gasteiger charge is -2.11. The fraction of sp³-hybridized carbons (Fsp3) is 0.375. The molecule has 72 valence electrons. The molecule has 0 aliphatic heterocycles. The summed E-state index contributed by atoms with van der Waals surface area (Å²) in [6, 6.07) is 3.64. The zero-order chi connectivity index (χ0) is 9.84. The first-order valence-electron chi connectivity index (χ1n) is 3.82. The van der Waals surface area contributed by atoms with E-state index in [1.165, 1.54) is 0 Å². The Morgan fingerprint density at radius 1 is 1.69 bits per heavy atom. The van der Waals surface area contributed by atoms with Crippen molar-refractivity contribution in [3.8, 4) is 0 Å². The van der Waals surface area contributed by atoms with Crippen LogP contribution in [0.1, 0.15) is 6.92 Å². The van der Waals surface area contributed by atoms with Crippen LogP contribution in [0.25, 0.3) is 0 Å². The van der Waals surface area contributed by atoms with Crippen LogP contribution >= 0.6 is 34.2 Å². The van der Waals surface area contributed by atoms with Gasteiger partial charge in [0.25, 0.3) is 0 Å². The molecular weight excluding hydrogens is 302 g/mol. The predicted molar refractivity (Wildman–Crippen MR) is 62.1 cm³/mol. The zero-order valence-electron chi connectivity index (χ0n) is 7.09. The van der Waals surface area contributed by atoms with Crippen LogP contribution in [-0.2, 0) is 0 Å². The van der Waals surface area contributed by atoms with Crippen LogP contribution in [0.5, 0.6) is 0 Å². The van der Waals surface area contributed by atoms with Gasteiger partial charge in [0.05, 0.1) is 6.61 Å². The van der Waals surface area contributed by atoms with Crippen LogP contribution in [0.15, 0.2) is 12.1 Å². The predicted octanol–water partition coefficient (Wildman–Crippen LogP) is 2.13. The molecule has 1 atom stereocenters. The van der Waals surface area contributed by atoms with Crippen molar-refractivity contribution in [1.82, 2.24) is 4.98 Å². The van der Waals surface area contributed by atoms with Crippen LogP contribution in [0.4, 0.5) is 5.82 Å². The number of anilines is 1. The highest BCUT2D eigenvalue weighted by Gasteiger charge is 2.02. The topological polar surface area (TPSA) is 45.1 Å². The van der Waals surface area contributed by atoms with Crippen LogP contribution < -0.4 is 5.32 Å². The summed E-state index contributed by atoms with van der Waals surface area (Å²) in [5.41, 5.74) is 0. The molecule has 0 aromatic carbocycles. The molecule has 1 heterocycles. The summed E-state index contributed by atoms with van der Waals surface area (Å²) in [7, 11) is 0. The number of rotatable bonds is 3. The molecule has 0 bridgehead atoms. The molecule has 13 heavy (non-hydrogen) atoms. The maximum absolute atomic E-state index is 8.81. The van der Waals surface area contributed by atoms with E-state index in [2.05, 4.69) is 32.9 Å². The van der Waals surface area contributed by atoms with Gasteiger partial charge in [-0.3, -0.25) is 0 Å². The van der Waals surface area contributed by atoms with Gasteiger partial charge in [-0.05, 0) is 41.6 Å². The molecular formula is C8H10ClIN2O. The minimum Gasteiger partial charge on any atom is -0.394 e. The van der Waals surface area contributed by atoms with E-state index in [-0.39, 0.29) is 12.6 Å². The maximum Gasteiger partial charge on any atom is 0.132 e. The highest BCUT2D eigenvalue weighted by atomic mass is 127. The van der Waals surface area contributed by atoms with Gasteiger partial charge < -0.3 is 10.4 Å². The van der Waals surface area contributed by atoms with Gasteiger partial charge in [0, 0.05) is 9.61 Å². The van der Waals surface area contributed by atoms with Crippen molar-refractivity contribution in [3.63, 3.8) is 0 Å². The summed E-state index contributed by atoms with van der Waals surface area (Å²) in [5, 5.41) is 12.3. The number of aromatic nitrogens is 1. The van der Waals surface area contributed by atoms with E-state index < -0.39 is 0 Å². The monoisotopic (exact) mass is 312 g/mol. The summed E-state index contributed by atoms with van der Waals surface area (Å²) in [6.45, 7) is 1.94. The van der Waals surface area contributed by atoms with Crippen LogP contribution in [0.2, 0.25) is 5.15 Å². The molecule has 2 N–H and O–H groups in total. The molecule has 0 radical (unpaired) electrons. The average Bonchev–Trinajstić information content (AvgIpc) is 2.02. The Morgan fingerprint density at radius 3 is 2.92 bits per heavy atom. The lowest BCUT2D eigenvalue weighted by atomic mass is 10.3. The van der Waals surface area contributed by atoms with Gasteiger partial charge in [0.15, 0.2) is 0 Å². The molecule has 5 heteroatoms. The van der Waals surface area contributed by atoms with E-state index in [4.69, 9.17) is 16.7 Å². The van der Waals surface area contributed by atoms with Crippen molar-refractivity contribution in [2.75, 3.05) is 11.9 Å². The normalized spacial score (nSPS) is 12.6. The van der Waals surface area contributed by atoms with Crippen LogP contribution in [-0.4, -0.2) is 22.7 Å². The first kappa shape index (κ1) is 11.0. The smallest absolute Gasteiger partial charge is 0.132 e. The fourth-order valence-corrected chi connectivity index (χ4v) is 1.82. The van der Waals surface area contributed by atoms with Crippen molar-refractivity contribution in [3.05, 3.63) is 20.9 Å². The summed E-state index contributed by atoms with van der Waals surface area (Å²) in [5.74, 6) is 0.693. The number of halogens is 2. The third-order valence-corrected chi connectivity index (χ3v) is 2.24. The minimum atomic E-state index is -0.0123. The minimum absolute atomic E-state index is 0.0123. The lowest BCUT2D eigenvalue weighted by Crippen LogP contribution is -2.20. The third kappa shape index (κ3) is 3.66. The second-order valence-corrected chi connectivity index (χ2v) is 4.35. The Kier molecular flexibility index (Phi) is 4.21. The number of nitrogens with one attached hydrogen (secondary N) is 1. The first-order valence-corrected chi connectivity index (χ1v) is 5.28. The summed E-state index contributed by atoms with van der Waals surface area (Å²) < 4.78 is 1.02. The molecule has 0 saturated heterocycles. The van der Waals surface area contributed by atoms with Gasteiger partial charge in [-0.15, -0.1) is 0 Å². The average molecular weight is 313 g/mol. The Labute approximate surface area is 95.7 Å². The Morgan fingerprint density at radius 2 is 2.38 bits per heavy atom. The van der Waals surface area contributed by atoms with Gasteiger partial charge in [-0.2, -0.15) is 0 Å². The van der Waals surface area contributed by atoms with E-state index >= 15 is 0 Å². The molecule has 0 aliphatic rings. The number of hydrogen-bond acceptors (Lipinski definition) is 3. The van der Waals surface area contributed by atoms with Crippen molar-refractivity contribution < 1.29 is 5.11 Å². The van der Waals surface area contributed by atoms with E-state index in [9.17, 15) is 0 Å². The maximum atomic E-state index is 8.81. The summed E-state index contributed by atoms with van der Waals surface area (Å²) in [4.78, 5) is 4.06. The molecule has 3 nitrogen and oxygen atoms in total. The number of nitrogens with zero attached hydrogens (tertiary/aromatic N) is 1. The number of hydrogen-bond donors (Lipinski definition) is 2. The van der Waals surface area contributed by atoms with Gasteiger partial charge in [0.2, 0.25) is 0 Å². The Hall–Kier alpha value is -0.0700. The van der Waals surface area contributed by atoms with Crippen LogP contribution in [0.3, 0.4) is 0 Å². The molecule has 0 fully saturated rings. The van der Waals surface area contributed by atoms with Crippen molar-refractivity contribution in [2.45, 2.75) is 13.0 Å². The summed E-state index contributed by atoms with van der Waals surface area (Å²) in [6.07, 6.45) is 0. The number of aliphatic hydroxyl groups excluding tert-OH is 1. The second kappa shape index (κ2) is 4.97. The molecule has 1 aromatic heterocycles. The van der Waals surface area contributed by atoms with Crippen molar-refractivity contribution >= 4 is 40.0 Å². The molecule has 0 aliphatic carbocycles. The Bertz CT molecular complexity index is 275. The lowest BCUT2D eigenvalue weighted by molar-refractivity contribution is 0.281. The highest BCUT2D eigenvalue weighted by Crippen LogP contribution is 2.16. The van der Waals surface area contributed by atoms with E-state index in [0.29, 0.717) is 11.0 Å². The molecule has 0 spiro atoms. The molecule has 1 aromatic rings. The van der Waals surface area contributed by atoms with Crippen molar-refractivity contribution in [1.29, 1.82) is 0 Å².